The van der Waals surface area contributed by atoms with Crippen molar-refractivity contribution in [1.82, 2.24) is 9.55 Å². The first kappa shape index (κ1) is 2.13. The zero-order chi connectivity index (χ0) is 11.1. The quantitative estimate of drug-likeness (QED) is 0.474. The first-order valence-electron chi connectivity index (χ1n) is 4.62. The van der Waals surface area contributed by atoms with Crippen LogP contribution in [0, 0.1) is 5.41 Å². The average Bonchev–Trinajstić information content (AvgIpc) is 1.97. The summed E-state index contributed by atoms with van der Waals surface area (Å²) in [5.74, 6) is 0. The first-order valence-corrected chi connectivity index (χ1v) is 2.12. The summed E-state index contributed by atoms with van der Waals surface area (Å²) in [6, 6.07) is -0.624. The van der Waals surface area contributed by atoms with Crippen LogP contribution in [0.3, 0.4) is 0 Å². The second kappa shape index (κ2) is 1.89. The topological polar surface area (TPSA) is 61.6 Å². The van der Waals surface area contributed by atoms with Crippen molar-refractivity contribution in [3.63, 3.8) is 0 Å². The maximum atomic E-state index is 11.1. The van der Waals surface area contributed by atoms with E-state index in [2.05, 4.69) is 0 Å². The average molecular weight is 130 g/mol. The van der Waals surface area contributed by atoms with Gasteiger partial charge >= 0.3 is 5.69 Å². The van der Waals surface area contributed by atoms with Crippen molar-refractivity contribution in [2.75, 3.05) is 0 Å². The smallest absolute Gasteiger partial charge is 0.304 e. The highest BCUT2D eigenvalue weighted by Crippen LogP contribution is 1.61. The van der Waals surface area contributed by atoms with Crippen LogP contribution in [0.25, 0.3) is 0 Å². The number of hydrogen-bond acceptors (Lipinski definition) is 2. The Balaban J connectivity index is 3.70. The fourth-order valence-corrected chi connectivity index (χ4v) is 0.357. The summed E-state index contributed by atoms with van der Waals surface area (Å²) >= 11 is 0. The van der Waals surface area contributed by atoms with E-state index in [1.807, 2.05) is 4.98 Å². The van der Waals surface area contributed by atoms with Gasteiger partial charge in [0, 0.05) is 17.3 Å². The van der Waals surface area contributed by atoms with E-state index < -0.39 is 30.4 Å². The summed E-state index contributed by atoms with van der Waals surface area (Å²) in [4.78, 5) is 12.9. The van der Waals surface area contributed by atoms with E-state index >= 15 is 0 Å². The minimum atomic E-state index is -2.81. The van der Waals surface area contributed by atoms with Gasteiger partial charge in [-0.3, -0.25) is 10.4 Å². The van der Waals surface area contributed by atoms with E-state index in [9.17, 15) is 4.79 Å². The number of nitrogens with zero attached hydrogens (tertiary/aromatic N) is 1. The Kier molecular flexibility index (Phi) is 0.447. The predicted molar refractivity (Wildman–Crippen MR) is 31.9 cm³/mol. The number of hydrogen-bond donors (Lipinski definition) is 2. The fourth-order valence-electron chi connectivity index (χ4n) is 0.357. The highest BCUT2D eigenvalue weighted by atomic mass is 16.1. The van der Waals surface area contributed by atoms with Crippen molar-refractivity contribution in [3.8, 4) is 0 Å². The van der Waals surface area contributed by atoms with Crippen LogP contribution >= 0.6 is 0 Å². The largest absolute Gasteiger partial charge is 0.326 e. The van der Waals surface area contributed by atoms with Crippen molar-refractivity contribution < 1.29 is 6.85 Å². The Bertz CT molecular complexity index is 470. The van der Waals surface area contributed by atoms with E-state index in [1.54, 1.807) is 0 Å². The third-order valence-corrected chi connectivity index (χ3v) is 0.728. The summed E-state index contributed by atoms with van der Waals surface area (Å²) in [7, 11) is 0. The second-order valence-electron chi connectivity index (χ2n) is 1.38. The maximum absolute atomic E-state index is 11.1. The van der Waals surface area contributed by atoms with Crippen LogP contribution in [0.4, 0.5) is 0 Å². The summed E-state index contributed by atoms with van der Waals surface area (Å²) in [6.07, 6.45) is -0.793. The first-order chi connectivity index (χ1) is 6.25. The molecule has 0 amide bonds. The molecule has 1 aromatic rings. The van der Waals surface area contributed by atoms with Crippen LogP contribution in [-0.2, 0) is 6.98 Å². The molecule has 4 nitrogen and oxygen atoms in total. The zero-order valence-electron chi connectivity index (χ0n) is 9.36. The van der Waals surface area contributed by atoms with E-state index in [4.69, 9.17) is 12.3 Å². The minimum absolute atomic E-state index is 0.160. The molecule has 0 aliphatic rings. The van der Waals surface area contributed by atoms with Crippen molar-refractivity contribution in [1.29, 1.82) is 5.41 Å². The molecule has 4 heteroatoms. The monoisotopic (exact) mass is 130 g/mol. The number of H-pyrrole nitrogens is 1. The van der Waals surface area contributed by atoms with Gasteiger partial charge in [-0.05, 0) is 6.04 Å². The van der Waals surface area contributed by atoms with Gasteiger partial charge in [0.15, 0.2) is 0 Å². The van der Waals surface area contributed by atoms with Gasteiger partial charge in [-0.2, -0.15) is 0 Å². The fraction of sp³-hybridized carbons (Fsp3) is 0.200. The molecule has 0 unspecified atom stereocenters. The summed E-state index contributed by atoms with van der Waals surface area (Å²) < 4.78 is 35.3. The number of rotatable bonds is 0. The van der Waals surface area contributed by atoms with Gasteiger partial charge in [-0.1, -0.05) is 0 Å². The van der Waals surface area contributed by atoms with E-state index in [1.165, 1.54) is 0 Å². The highest BCUT2D eigenvalue weighted by Gasteiger charge is 1.83. The van der Waals surface area contributed by atoms with Crippen molar-refractivity contribution in [2.24, 2.45) is 6.98 Å². The van der Waals surface area contributed by atoms with E-state index in [-0.39, 0.29) is 4.57 Å². The molecule has 0 radical (unpaired) electrons. The molecule has 1 heterocycles. The Labute approximate surface area is 58.3 Å². The van der Waals surface area contributed by atoms with Crippen LogP contribution in [0.15, 0.2) is 17.0 Å². The lowest BCUT2D eigenvalue weighted by molar-refractivity contribution is 0.787. The molecule has 1 aromatic heterocycles. The Morgan fingerprint density at radius 3 is 3.56 bits per heavy atom. The Hall–Kier alpha value is -1.32. The highest BCUT2D eigenvalue weighted by molar-refractivity contribution is 4.77. The van der Waals surface area contributed by atoms with E-state index in [0.717, 1.165) is 0 Å². The predicted octanol–water partition coefficient (Wildman–Crippen LogP) is -0.807. The molecule has 0 aliphatic heterocycles. The van der Waals surface area contributed by atoms with Crippen LogP contribution in [0.1, 0.15) is 6.85 Å². The van der Waals surface area contributed by atoms with Gasteiger partial charge in [-0.25, -0.2) is 4.79 Å². The van der Waals surface area contributed by atoms with Gasteiger partial charge in [0.2, 0.25) is 0 Å². The van der Waals surface area contributed by atoms with Crippen LogP contribution in [-0.4, -0.2) is 9.55 Å². The van der Waals surface area contributed by atoms with Crippen molar-refractivity contribution in [3.05, 3.63) is 28.2 Å². The third-order valence-electron chi connectivity index (χ3n) is 0.728. The molecule has 0 saturated carbocycles. The molecule has 48 valence electrons. The SMILES string of the molecule is [2H]c1c([2H])n(C([2H])([2H])[2H])c(=O)[nH]c1=N. The van der Waals surface area contributed by atoms with E-state index in [0.29, 0.717) is 0 Å². The van der Waals surface area contributed by atoms with Crippen LogP contribution in [0.2, 0.25) is 0 Å². The minimum Gasteiger partial charge on any atom is -0.304 e. The lowest BCUT2D eigenvalue weighted by Gasteiger charge is -1.90. The molecular formula is C5H7N3O. The standard InChI is InChI=1S/C5H7N3O/c1-8-3-2-4(6)7-5(8)9/h2-3H,1H3,(H2,6,7,9)/i1D3,2D,3D. The van der Waals surface area contributed by atoms with Gasteiger partial charge in [0.25, 0.3) is 0 Å². The lowest BCUT2D eigenvalue weighted by atomic mass is 10.6. The van der Waals surface area contributed by atoms with Gasteiger partial charge in [-0.15, -0.1) is 0 Å². The Morgan fingerprint density at radius 2 is 2.89 bits per heavy atom. The van der Waals surface area contributed by atoms with Gasteiger partial charge in [0.1, 0.15) is 5.49 Å². The van der Waals surface area contributed by atoms with Crippen LogP contribution < -0.4 is 11.2 Å². The summed E-state index contributed by atoms with van der Waals surface area (Å²) in [6.45, 7) is -2.81. The molecule has 0 aromatic carbocycles. The molecule has 0 bridgehead atoms. The number of aromatic nitrogens is 2. The number of nitrogens with one attached hydrogen (secondary N) is 2. The normalized spacial score (nSPS) is 18.9. The summed E-state index contributed by atoms with van der Waals surface area (Å²) in [5.41, 5.74) is -1.66. The number of aromatic amines is 1. The Morgan fingerprint density at radius 1 is 2.11 bits per heavy atom. The molecule has 0 atom stereocenters. The molecule has 0 aliphatic carbocycles. The molecule has 0 saturated heterocycles. The van der Waals surface area contributed by atoms with Crippen molar-refractivity contribution in [2.45, 2.75) is 0 Å². The van der Waals surface area contributed by atoms with Gasteiger partial charge < -0.3 is 4.57 Å². The molecule has 0 spiro atoms. The maximum Gasteiger partial charge on any atom is 0.326 e. The zero-order valence-corrected chi connectivity index (χ0v) is 4.36. The molecule has 2 N–H and O–H groups in total. The lowest BCUT2D eigenvalue weighted by Crippen LogP contribution is -2.26. The molecule has 0 fully saturated rings. The molecular weight excluding hydrogens is 118 g/mol. The van der Waals surface area contributed by atoms with Crippen molar-refractivity contribution >= 4 is 0 Å². The third kappa shape index (κ3) is 1.07. The summed E-state index contributed by atoms with van der Waals surface area (Å²) in [5, 5.41) is 7.04. The second-order valence-corrected chi connectivity index (χ2v) is 1.38. The van der Waals surface area contributed by atoms with Gasteiger partial charge in [0.05, 0.1) is 2.74 Å². The molecule has 1 rings (SSSR count). The van der Waals surface area contributed by atoms with Crippen LogP contribution in [0.5, 0.6) is 0 Å². The molecule has 9 heavy (non-hydrogen) atoms.